The van der Waals surface area contributed by atoms with Gasteiger partial charge in [0.15, 0.2) is 0 Å². The summed E-state index contributed by atoms with van der Waals surface area (Å²) in [5.74, 6) is 0.952. The van der Waals surface area contributed by atoms with E-state index in [1.807, 2.05) is 36.9 Å². The molecule has 25 heavy (non-hydrogen) atoms. The van der Waals surface area contributed by atoms with E-state index in [1.165, 1.54) is 0 Å². The Balaban J connectivity index is 1.49. The molecule has 0 radical (unpaired) electrons. The Bertz CT molecular complexity index is 846. The molecule has 7 heteroatoms. The fourth-order valence-electron chi connectivity index (χ4n) is 3.86. The van der Waals surface area contributed by atoms with E-state index in [9.17, 15) is 9.59 Å². The number of amides is 2. The Morgan fingerprint density at radius 3 is 3.04 bits per heavy atom. The quantitative estimate of drug-likeness (QED) is 0.923. The standard InChI is InChI=1S/C18H22N4O3/c1-3-18-10-21(6-7-22(18)17(24)25-11-18)16(23)9-13-4-5-14-15(8-13)20-12(2)19-14/h4-5,8H,3,6-7,9-11H2,1-2H3,(H,19,20). The van der Waals surface area contributed by atoms with Crippen LogP contribution in [0.3, 0.4) is 0 Å². The van der Waals surface area contributed by atoms with E-state index in [2.05, 4.69) is 9.97 Å². The number of imidazole rings is 1. The topological polar surface area (TPSA) is 78.5 Å². The van der Waals surface area contributed by atoms with Gasteiger partial charge in [-0.15, -0.1) is 0 Å². The first kappa shape index (κ1) is 15.9. The number of aromatic nitrogens is 2. The van der Waals surface area contributed by atoms with Crippen LogP contribution in [0.5, 0.6) is 0 Å². The third-order valence-electron chi connectivity index (χ3n) is 5.37. The molecule has 132 valence electrons. The molecule has 4 rings (SSSR count). The van der Waals surface area contributed by atoms with Gasteiger partial charge in [-0.25, -0.2) is 9.78 Å². The maximum Gasteiger partial charge on any atom is 0.410 e. The molecule has 1 unspecified atom stereocenters. The number of carbonyl (C=O) groups excluding carboxylic acids is 2. The lowest BCUT2D eigenvalue weighted by atomic mass is 9.92. The SMILES string of the molecule is CCC12COC(=O)N1CCN(C(=O)Cc1ccc3nc(C)[nH]c3c1)C2. The van der Waals surface area contributed by atoms with Crippen LogP contribution >= 0.6 is 0 Å². The lowest BCUT2D eigenvalue weighted by molar-refractivity contribution is -0.134. The van der Waals surface area contributed by atoms with E-state index in [1.54, 1.807) is 4.90 Å². The van der Waals surface area contributed by atoms with Crippen molar-refractivity contribution in [2.45, 2.75) is 32.2 Å². The molecule has 2 aliphatic heterocycles. The molecule has 2 aliphatic rings. The third kappa shape index (κ3) is 2.63. The predicted octanol–water partition coefficient (Wildman–Crippen LogP) is 1.86. The maximum absolute atomic E-state index is 12.8. The number of nitrogens with zero attached hydrogens (tertiary/aromatic N) is 3. The molecular formula is C18H22N4O3. The molecular weight excluding hydrogens is 320 g/mol. The molecule has 1 aromatic carbocycles. The highest BCUT2D eigenvalue weighted by atomic mass is 16.6. The Kier molecular flexibility index (Phi) is 3.67. The Labute approximate surface area is 146 Å². The molecule has 1 N–H and O–H groups in total. The number of fused-ring (bicyclic) bond motifs is 2. The van der Waals surface area contributed by atoms with Gasteiger partial charge in [0.2, 0.25) is 5.91 Å². The number of rotatable bonds is 3. The number of hydrogen-bond donors (Lipinski definition) is 1. The van der Waals surface area contributed by atoms with Crippen LogP contribution in [-0.2, 0) is 16.0 Å². The minimum Gasteiger partial charge on any atom is -0.447 e. The second kappa shape index (κ2) is 5.75. The molecule has 2 amide bonds. The average Bonchev–Trinajstić information content (AvgIpc) is 3.14. The van der Waals surface area contributed by atoms with Crippen LogP contribution in [0.2, 0.25) is 0 Å². The summed E-state index contributed by atoms with van der Waals surface area (Å²) < 4.78 is 5.23. The molecule has 2 saturated heterocycles. The lowest BCUT2D eigenvalue weighted by Gasteiger charge is -2.44. The highest BCUT2D eigenvalue weighted by molar-refractivity contribution is 5.82. The van der Waals surface area contributed by atoms with Crippen LogP contribution in [0.15, 0.2) is 18.2 Å². The summed E-state index contributed by atoms with van der Waals surface area (Å²) in [6.45, 7) is 5.96. The van der Waals surface area contributed by atoms with Gasteiger partial charge in [0.1, 0.15) is 12.4 Å². The molecule has 3 heterocycles. The van der Waals surface area contributed by atoms with Crippen LogP contribution in [-0.4, -0.2) is 63.5 Å². The largest absolute Gasteiger partial charge is 0.447 e. The average molecular weight is 342 g/mol. The van der Waals surface area contributed by atoms with Crippen molar-refractivity contribution in [1.82, 2.24) is 19.8 Å². The number of piperazine rings is 1. The van der Waals surface area contributed by atoms with Crippen molar-refractivity contribution in [3.05, 3.63) is 29.6 Å². The van der Waals surface area contributed by atoms with Crippen LogP contribution in [0.1, 0.15) is 24.7 Å². The van der Waals surface area contributed by atoms with Crippen LogP contribution in [0, 0.1) is 6.92 Å². The summed E-state index contributed by atoms with van der Waals surface area (Å²) in [5.41, 5.74) is 2.46. The minimum absolute atomic E-state index is 0.0856. The zero-order valence-electron chi connectivity index (χ0n) is 14.5. The molecule has 0 aliphatic carbocycles. The van der Waals surface area contributed by atoms with E-state index in [4.69, 9.17) is 4.74 Å². The zero-order valence-corrected chi connectivity index (χ0v) is 14.5. The normalized spacial score (nSPS) is 23.0. The first-order chi connectivity index (χ1) is 12.0. The molecule has 2 fully saturated rings. The van der Waals surface area contributed by atoms with Crippen molar-refractivity contribution >= 4 is 23.0 Å². The second-order valence-corrected chi connectivity index (χ2v) is 6.95. The maximum atomic E-state index is 12.8. The number of H-pyrrole nitrogens is 1. The van der Waals surface area contributed by atoms with Gasteiger partial charge < -0.3 is 14.6 Å². The highest BCUT2D eigenvalue weighted by Crippen LogP contribution is 2.32. The van der Waals surface area contributed by atoms with E-state index in [0.717, 1.165) is 28.8 Å². The van der Waals surface area contributed by atoms with E-state index in [-0.39, 0.29) is 17.5 Å². The second-order valence-electron chi connectivity index (χ2n) is 6.95. The summed E-state index contributed by atoms with van der Waals surface area (Å²) in [4.78, 5) is 35.9. The summed E-state index contributed by atoms with van der Waals surface area (Å²) >= 11 is 0. The molecule has 0 bridgehead atoms. The van der Waals surface area contributed by atoms with Gasteiger partial charge in [-0.1, -0.05) is 13.0 Å². The van der Waals surface area contributed by atoms with Gasteiger partial charge in [0, 0.05) is 19.6 Å². The van der Waals surface area contributed by atoms with E-state index in [0.29, 0.717) is 32.7 Å². The van der Waals surface area contributed by atoms with Gasteiger partial charge in [0.05, 0.1) is 23.0 Å². The number of hydrogen-bond acceptors (Lipinski definition) is 4. The number of aromatic amines is 1. The van der Waals surface area contributed by atoms with Crippen molar-refractivity contribution in [3.63, 3.8) is 0 Å². The number of nitrogens with one attached hydrogen (secondary N) is 1. The minimum atomic E-state index is -0.366. The molecule has 7 nitrogen and oxygen atoms in total. The fraction of sp³-hybridized carbons (Fsp3) is 0.500. The molecule has 2 aromatic rings. The predicted molar refractivity (Wildman–Crippen MR) is 92.2 cm³/mol. The van der Waals surface area contributed by atoms with Crippen molar-refractivity contribution in [2.75, 3.05) is 26.2 Å². The number of aryl methyl sites for hydroxylation is 1. The smallest absolute Gasteiger partial charge is 0.410 e. The molecule has 1 atom stereocenters. The van der Waals surface area contributed by atoms with Gasteiger partial charge in [-0.3, -0.25) is 9.69 Å². The van der Waals surface area contributed by atoms with Crippen LogP contribution < -0.4 is 0 Å². The molecule has 0 saturated carbocycles. The molecule has 0 spiro atoms. The fourth-order valence-corrected chi connectivity index (χ4v) is 3.86. The van der Waals surface area contributed by atoms with Gasteiger partial charge >= 0.3 is 6.09 Å². The summed E-state index contributed by atoms with van der Waals surface area (Å²) in [6, 6.07) is 5.88. The first-order valence-corrected chi connectivity index (χ1v) is 8.68. The Morgan fingerprint density at radius 1 is 1.40 bits per heavy atom. The van der Waals surface area contributed by atoms with Gasteiger partial charge in [-0.05, 0) is 31.0 Å². The van der Waals surface area contributed by atoms with E-state index >= 15 is 0 Å². The van der Waals surface area contributed by atoms with Gasteiger partial charge in [0.25, 0.3) is 0 Å². The summed E-state index contributed by atoms with van der Waals surface area (Å²) in [5, 5.41) is 0. The summed E-state index contributed by atoms with van der Waals surface area (Å²) in [6.07, 6.45) is 0.874. The van der Waals surface area contributed by atoms with Gasteiger partial charge in [-0.2, -0.15) is 0 Å². The van der Waals surface area contributed by atoms with Crippen molar-refractivity contribution in [1.29, 1.82) is 0 Å². The number of benzene rings is 1. The zero-order chi connectivity index (χ0) is 17.6. The number of ether oxygens (including phenoxy) is 1. The number of carbonyl (C=O) groups is 2. The van der Waals surface area contributed by atoms with E-state index < -0.39 is 0 Å². The van der Waals surface area contributed by atoms with Crippen molar-refractivity contribution < 1.29 is 14.3 Å². The van der Waals surface area contributed by atoms with Crippen LogP contribution in [0.25, 0.3) is 11.0 Å². The molecule has 1 aromatic heterocycles. The monoisotopic (exact) mass is 342 g/mol. The van der Waals surface area contributed by atoms with Crippen molar-refractivity contribution in [2.24, 2.45) is 0 Å². The number of cyclic esters (lactones) is 1. The third-order valence-corrected chi connectivity index (χ3v) is 5.37. The van der Waals surface area contributed by atoms with Crippen LogP contribution in [0.4, 0.5) is 4.79 Å². The van der Waals surface area contributed by atoms with Crippen molar-refractivity contribution in [3.8, 4) is 0 Å². The lowest BCUT2D eigenvalue weighted by Crippen LogP contribution is -2.62. The Morgan fingerprint density at radius 2 is 2.24 bits per heavy atom. The Hall–Kier alpha value is -2.57. The highest BCUT2D eigenvalue weighted by Gasteiger charge is 2.50. The summed E-state index contributed by atoms with van der Waals surface area (Å²) in [7, 11) is 0. The first-order valence-electron chi connectivity index (χ1n) is 8.68.